The summed E-state index contributed by atoms with van der Waals surface area (Å²) in [6.45, 7) is 3.87. The lowest BCUT2D eigenvalue weighted by atomic mass is 10.2. The van der Waals surface area contributed by atoms with Gasteiger partial charge in [0.2, 0.25) is 0 Å². The summed E-state index contributed by atoms with van der Waals surface area (Å²) >= 11 is 0. The zero-order valence-electron chi connectivity index (χ0n) is 10.4. The summed E-state index contributed by atoms with van der Waals surface area (Å²) in [5, 5.41) is 10.9. The van der Waals surface area contributed by atoms with Crippen LogP contribution in [0.25, 0.3) is 5.65 Å². The fourth-order valence-electron chi connectivity index (χ4n) is 2.41. The Morgan fingerprint density at radius 2 is 2.39 bits per heavy atom. The summed E-state index contributed by atoms with van der Waals surface area (Å²) in [7, 11) is 0. The quantitative estimate of drug-likeness (QED) is 0.849. The van der Waals surface area contributed by atoms with Gasteiger partial charge in [-0.1, -0.05) is 6.07 Å². The van der Waals surface area contributed by atoms with Crippen LogP contribution in [0.5, 0.6) is 0 Å². The molecule has 0 aromatic carbocycles. The Morgan fingerprint density at radius 3 is 3.17 bits per heavy atom. The monoisotopic (exact) mass is 243 g/mol. The topological polar surface area (TPSA) is 56.4 Å². The van der Waals surface area contributed by atoms with Crippen LogP contribution in [0.3, 0.4) is 0 Å². The largest absolute Gasteiger partial charge is 0.354 e. The van der Waals surface area contributed by atoms with Crippen molar-refractivity contribution < 1.29 is 0 Å². The summed E-state index contributed by atoms with van der Waals surface area (Å²) in [6.07, 6.45) is 4.86. The first-order chi connectivity index (χ1) is 8.75. The molecule has 1 aliphatic heterocycles. The van der Waals surface area contributed by atoms with E-state index in [-0.39, 0.29) is 0 Å². The third-order valence-electron chi connectivity index (χ3n) is 3.49. The normalized spacial score (nSPS) is 19.5. The van der Waals surface area contributed by atoms with Crippen molar-refractivity contribution in [1.29, 1.82) is 5.41 Å². The van der Waals surface area contributed by atoms with Gasteiger partial charge in [-0.3, -0.25) is 5.41 Å². The van der Waals surface area contributed by atoms with E-state index >= 15 is 0 Å². The van der Waals surface area contributed by atoms with E-state index in [0.29, 0.717) is 12.0 Å². The third-order valence-corrected chi connectivity index (χ3v) is 3.49. The van der Waals surface area contributed by atoms with Gasteiger partial charge >= 0.3 is 0 Å². The molecule has 2 N–H and O–H groups in total. The van der Waals surface area contributed by atoms with Gasteiger partial charge in [-0.15, -0.1) is 0 Å². The van der Waals surface area contributed by atoms with E-state index in [0.717, 1.165) is 25.2 Å². The van der Waals surface area contributed by atoms with Crippen LogP contribution in [-0.2, 0) is 6.42 Å². The van der Waals surface area contributed by atoms with Crippen LogP contribution in [0.15, 0.2) is 30.6 Å². The van der Waals surface area contributed by atoms with Gasteiger partial charge in [0.1, 0.15) is 5.65 Å². The molecule has 18 heavy (non-hydrogen) atoms. The minimum absolute atomic E-state index is 0.400. The summed E-state index contributed by atoms with van der Waals surface area (Å²) in [5.41, 5.74) is 2.17. The number of guanidine groups is 1. The molecule has 0 spiro atoms. The molecular weight excluding hydrogens is 226 g/mol. The van der Waals surface area contributed by atoms with Crippen molar-refractivity contribution in [2.24, 2.45) is 0 Å². The fourth-order valence-corrected chi connectivity index (χ4v) is 2.41. The Labute approximate surface area is 106 Å². The van der Waals surface area contributed by atoms with Crippen LogP contribution < -0.4 is 5.32 Å². The van der Waals surface area contributed by atoms with Gasteiger partial charge in [-0.2, -0.15) is 0 Å². The van der Waals surface area contributed by atoms with E-state index < -0.39 is 0 Å². The number of nitrogens with one attached hydrogen (secondary N) is 2. The second-order valence-corrected chi connectivity index (χ2v) is 4.70. The van der Waals surface area contributed by atoms with Crippen LogP contribution in [-0.4, -0.2) is 39.4 Å². The molecule has 94 valence electrons. The fraction of sp³-hybridized carbons (Fsp3) is 0.385. The summed E-state index contributed by atoms with van der Waals surface area (Å²) in [5.74, 6) is 0.538. The summed E-state index contributed by atoms with van der Waals surface area (Å²) < 4.78 is 2.11. The van der Waals surface area contributed by atoms with Crippen molar-refractivity contribution in [2.75, 3.05) is 13.1 Å². The molecule has 1 fully saturated rings. The van der Waals surface area contributed by atoms with Crippen LogP contribution >= 0.6 is 0 Å². The lowest BCUT2D eigenvalue weighted by Crippen LogP contribution is -2.34. The van der Waals surface area contributed by atoms with Gasteiger partial charge in [0.05, 0.1) is 0 Å². The van der Waals surface area contributed by atoms with Gasteiger partial charge in [0.25, 0.3) is 0 Å². The van der Waals surface area contributed by atoms with E-state index in [1.807, 2.05) is 30.6 Å². The van der Waals surface area contributed by atoms with Crippen molar-refractivity contribution in [2.45, 2.75) is 19.4 Å². The Balaban J connectivity index is 1.75. The lowest BCUT2D eigenvalue weighted by Gasteiger charge is -2.21. The second-order valence-electron chi connectivity index (χ2n) is 4.70. The average molecular weight is 243 g/mol. The van der Waals surface area contributed by atoms with Crippen LogP contribution in [0.4, 0.5) is 0 Å². The van der Waals surface area contributed by atoms with Crippen molar-refractivity contribution in [3.63, 3.8) is 0 Å². The Bertz CT molecular complexity index is 574. The second kappa shape index (κ2) is 4.33. The number of rotatable bonds is 3. The van der Waals surface area contributed by atoms with Crippen LogP contribution in [0.2, 0.25) is 0 Å². The molecule has 0 amide bonds. The standard InChI is InChI=1S/C13H17N5/c1-10-8-16-13(14)17(10)7-5-11-9-15-12-4-2-3-6-18(11)12/h2-4,6,9-10H,5,7-8H2,1H3,(H2,14,16)/t10-/m0/s1. The minimum atomic E-state index is 0.400. The molecular formula is C13H17N5. The van der Waals surface area contributed by atoms with Crippen LogP contribution in [0.1, 0.15) is 12.6 Å². The molecule has 0 radical (unpaired) electrons. The van der Waals surface area contributed by atoms with E-state index in [9.17, 15) is 0 Å². The van der Waals surface area contributed by atoms with Gasteiger partial charge in [0.15, 0.2) is 5.96 Å². The molecule has 0 aliphatic carbocycles. The van der Waals surface area contributed by atoms with Crippen molar-refractivity contribution in [3.05, 3.63) is 36.3 Å². The molecule has 2 aromatic heterocycles. The number of hydrogen-bond acceptors (Lipinski definition) is 2. The predicted molar refractivity (Wildman–Crippen MR) is 70.8 cm³/mol. The molecule has 0 unspecified atom stereocenters. The maximum Gasteiger partial charge on any atom is 0.191 e. The first kappa shape index (κ1) is 11.1. The SMILES string of the molecule is C[C@H]1CNC(=N)N1CCc1cnc2ccccn12. The number of pyridine rings is 1. The highest BCUT2D eigenvalue weighted by Gasteiger charge is 2.23. The summed E-state index contributed by atoms with van der Waals surface area (Å²) in [6, 6.07) is 6.41. The number of imidazole rings is 1. The van der Waals surface area contributed by atoms with E-state index in [2.05, 4.69) is 26.5 Å². The van der Waals surface area contributed by atoms with Gasteiger partial charge in [0, 0.05) is 43.6 Å². The highest BCUT2D eigenvalue weighted by atomic mass is 15.3. The number of hydrogen-bond donors (Lipinski definition) is 2. The minimum Gasteiger partial charge on any atom is -0.354 e. The first-order valence-corrected chi connectivity index (χ1v) is 6.26. The van der Waals surface area contributed by atoms with Crippen LogP contribution in [0, 0.1) is 5.41 Å². The van der Waals surface area contributed by atoms with Crippen molar-refractivity contribution >= 4 is 11.6 Å². The van der Waals surface area contributed by atoms with E-state index in [1.165, 1.54) is 5.69 Å². The number of fused-ring (bicyclic) bond motifs is 1. The molecule has 1 atom stereocenters. The van der Waals surface area contributed by atoms with E-state index in [1.54, 1.807) is 0 Å². The molecule has 3 rings (SSSR count). The molecule has 1 aliphatic rings. The Hall–Kier alpha value is -2.04. The van der Waals surface area contributed by atoms with Crippen molar-refractivity contribution in [3.8, 4) is 0 Å². The molecule has 0 saturated carbocycles. The molecule has 2 aromatic rings. The Morgan fingerprint density at radius 1 is 1.50 bits per heavy atom. The smallest absolute Gasteiger partial charge is 0.191 e. The van der Waals surface area contributed by atoms with Gasteiger partial charge in [-0.25, -0.2) is 4.98 Å². The highest BCUT2D eigenvalue weighted by molar-refractivity contribution is 5.79. The zero-order valence-corrected chi connectivity index (χ0v) is 10.4. The summed E-state index contributed by atoms with van der Waals surface area (Å²) in [4.78, 5) is 6.48. The molecule has 5 nitrogen and oxygen atoms in total. The maximum atomic E-state index is 7.82. The lowest BCUT2D eigenvalue weighted by molar-refractivity contribution is 0.370. The molecule has 0 bridgehead atoms. The zero-order chi connectivity index (χ0) is 12.5. The predicted octanol–water partition coefficient (Wildman–Crippen LogP) is 1.11. The number of aromatic nitrogens is 2. The number of nitrogens with zero attached hydrogens (tertiary/aromatic N) is 3. The third kappa shape index (κ3) is 1.81. The maximum absolute atomic E-state index is 7.82. The first-order valence-electron chi connectivity index (χ1n) is 6.26. The highest BCUT2D eigenvalue weighted by Crippen LogP contribution is 2.10. The van der Waals surface area contributed by atoms with Crippen molar-refractivity contribution in [1.82, 2.24) is 19.6 Å². The molecule has 3 heterocycles. The Kier molecular flexibility index (Phi) is 2.66. The van der Waals surface area contributed by atoms with Gasteiger partial charge < -0.3 is 14.6 Å². The van der Waals surface area contributed by atoms with E-state index in [4.69, 9.17) is 5.41 Å². The van der Waals surface area contributed by atoms with Gasteiger partial charge in [-0.05, 0) is 19.1 Å². The molecule has 5 heteroatoms. The average Bonchev–Trinajstić information content (AvgIpc) is 2.93. The molecule has 1 saturated heterocycles.